The Labute approximate surface area is 148 Å². The average molecular weight is 334 g/mol. The molecule has 1 aromatic rings. The van der Waals surface area contributed by atoms with Crippen LogP contribution in [0.3, 0.4) is 0 Å². The van der Waals surface area contributed by atoms with E-state index in [9.17, 15) is 4.79 Å². The Morgan fingerprint density at radius 2 is 1.75 bits per heavy atom. The molecule has 0 saturated heterocycles. The first-order valence-corrected chi connectivity index (χ1v) is 9.22. The second-order valence-corrected chi connectivity index (χ2v) is 6.89. The highest BCUT2D eigenvalue weighted by molar-refractivity contribution is 5.91. The molecule has 0 fully saturated rings. The van der Waals surface area contributed by atoms with Crippen molar-refractivity contribution in [2.45, 2.75) is 53.0 Å². The fourth-order valence-corrected chi connectivity index (χ4v) is 2.96. The van der Waals surface area contributed by atoms with Gasteiger partial charge in [0.25, 0.3) is 0 Å². The van der Waals surface area contributed by atoms with E-state index in [2.05, 4.69) is 48.0 Å². The Bertz CT molecular complexity index is 494. The zero-order valence-corrected chi connectivity index (χ0v) is 16.2. The van der Waals surface area contributed by atoms with Crippen molar-refractivity contribution in [1.29, 1.82) is 0 Å². The van der Waals surface area contributed by atoms with Crippen LogP contribution in [-0.4, -0.2) is 49.4 Å². The van der Waals surface area contributed by atoms with Gasteiger partial charge in [-0.3, -0.25) is 4.79 Å². The predicted molar refractivity (Wildman–Crippen MR) is 103 cm³/mol. The van der Waals surface area contributed by atoms with Crippen LogP contribution in [0.4, 0.5) is 5.69 Å². The average Bonchev–Trinajstić information content (AvgIpc) is 2.50. The lowest BCUT2D eigenvalue weighted by Crippen LogP contribution is -2.27. The van der Waals surface area contributed by atoms with Gasteiger partial charge >= 0.3 is 0 Å². The van der Waals surface area contributed by atoms with Crippen molar-refractivity contribution >= 4 is 11.6 Å². The van der Waals surface area contributed by atoms with Crippen LogP contribution in [0.1, 0.15) is 50.7 Å². The number of benzene rings is 1. The maximum atomic E-state index is 12.3. The molecule has 1 rings (SSSR count). The molecule has 0 aliphatic rings. The van der Waals surface area contributed by atoms with Crippen molar-refractivity contribution in [3.05, 3.63) is 29.3 Å². The van der Waals surface area contributed by atoms with Crippen LogP contribution in [0.5, 0.6) is 0 Å². The summed E-state index contributed by atoms with van der Waals surface area (Å²) < 4.78 is 0. The summed E-state index contributed by atoms with van der Waals surface area (Å²) in [6.07, 6.45) is 3.84. The number of anilines is 1. The standard InChI is InChI=1S/C20H35N3O/c1-6-12-23(13-7-2)14-8-9-20(24)21-19-11-10-17(3)15-18(19)16-22(4)5/h10-11,15H,6-9,12-14,16H2,1-5H3,(H,21,24). The van der Waals surface area contributed by atoms with Crippen LogP contribution in [0.25, 0.3) is 0 Å². The van der Waals surface area contributed by atoms with Crippen LogP contribution in [0.15, 0.2) is 18.2 Å². The molecule has 0 spiro atoms. The van der Waals surface area contributed by atoms with Gasteiger partial charge in [0.05, 0.1) is 0 Å². The molecule has 24 heavy (non-hydrogen) atoms. The topological polar surface area (TPSA) is 35.6 Å². The second-order valence-electron chi connectivity index (χ2n) is 6.89. The number of carbonyl (C=O) groups is 1. The van der Waals surface area contributed by atoms with Crippen LogP contribution < -0.4 is 5.32 Å². The first-order valence-electron chi connectivity index (χ1n) is 9.22. The summed E-state index contributed by atoms with van der Waals surface area (Å²) in [5, 5.41) is 3.10. The molecule has 0 unspecified atom stereocenters. The summed E-state index contributed by atoms with van der Waals surface area (Å²) in [4.78, 5) is 16.9. The number of nitrogens with one attached hydrogen (secondary N) is 1. The van der Waals surface area contributed by atoms with Crippen molar-refractivity contribution in [3.63, 3.8) is 0 Å². The molecular weight excluding hydrogens is 298 g/mol. The highest BCUT2D eigenvalue weighted by atomic mass is 16.1. The van der Waals surface area contributed by atoms with Gasteiger partial charge in [-0.1, -0.05) is 31.5 Å². The predicted octanol–water partition coefficient (Wildman–Crippen LogP) is 3.90. The van der Waals surface area contributed by atoms with Gasteiger partial charge in [0.15, 0.2) is 0 Å². The van der Waals surface area contributed by atoms with Crippen molar-refractivity contribution in [2.24, 2.45) is 0 Å². The SMILES string of the molecule is CCCN(CCC)CCCC(=O)Nc1ccc(C)cc1CN(C)C. The number of nitrogens with zero attached hydrogens (tertiary/aromatic N) is 2. The van der Waals surface area contributed by atoms with E-state index in [4.69, 9.17) is 0 Å². The number of rotatable bonds is 11. The van der Waals surface area contributed by atoms with Gasteiger partial charge in [-0.05, 0) is 71.5 Å². The lowest BCUT2D eigenvalue weighted by Gasteiger charge is -2.20. The second kappa shape index (κ2) is 11.2. The molecule has 0 atom stereocenters. The molecule has 0 saturated carbocycles. The summed E-state index contributed by atoms with van der Waals surface area (Å²) in [6.45, 7) is 10.6. The van der Waals surface area contributed by atoms with E-state index in [0.717, 1.165) is 38.3 Å². The Hall–Kier alpha value is -1.39. The van der Waals surface area contributed by atoms with Crippen molar-refractivity contribution < 1.29 is 4.79 Å². The summed E-state index contributed by atoms with van der Waals surface area (Å²) in [6, 6.07) is 6.23. The minimum atomic E-state index is 0.117. The molecule has 0 aliphatic carbocycles. The van der Waals surface area contributed by atoms with E-state index in [1.54, 1.807) is 0 Å². The molecular formula is C20H35N3O. The molecule has 4 heteroatoms. The van der Waals surface area contributed by atoms with Crippen molar-refractivity contribution in [1.82, 2.24) is 9.80 Å². The molecule has 4 nitrogen and oxygen atoms in total. The molecule has 0 radical (unpaired) electrons. The minimum absolute atomic E-state index is 0.117. The zero-order chi connectivity index (χ0) is 17.9. The Balaban J connectivity index is 2.52. The van der Waals surface area contributed by atoms with Crippen molar-refractivity contribution in [2.75, 3.05) is 39.0 Å². The normalized spacial score (nSPS) is 11.3. The smallest absolute Gasteiger partial charge is 0.224 e. The first-order chi connectivity index (χ1) is 11.5. The third kappa shape index (κ3) is 7.93. The van der Waals surface area contributed by atoms with Crippen LogP contribution >= 0.6 is 0 Å². The van der Waals surface area contributed by atoms with Crippen LogP contribution in [0, 0.1) is 6.92 Å². The number of amides is 1. The zero-order valence-electron chi connectivity index (χ0n) is 16.2. The lowest BCUT2D eigenvalue weighted by molar-refractivity contribution is -0.116. The summed E-state index contributed by atoms with van der Waals surface area (Å²) in [5.74, 6) is 0.117. The highest BCUT2D eigenvalue weighted by Crippen LogP contribution is 2.19. The van der Waals surface area contributed by atoms with E-state index in [-0.39, 0.29) is 5.91 Å². The van der Waals surface area contributed by atoms with Gasteiger partial charge in [-0.15, -0.1) is 0 Å². The maximum absolute atomic E-state index is 12.3. The summed E-state index contributed by atoms with van der Waals surface area (Å²) >= 11 is 0. The summed E-state index contributed by atoms with van der Waals surface area (Å²) in [5.41, 5.74) is 3.34. The maximum Gasteiger partial charge on any atom is 0.224 e. The monoisotopic (exact) mass is 333 g/mol. The molecule has 1 N–H and O–H groups in total. The van der Waals surface area contributed by atoms with Gasteiger partial charge in [0.1, 0.15) is 0 Å². The molecule has 136 valence electrons. The van der Waals surface area contributed by atoms with E-state index in [1.807, 2.05) is 20.2 Å². The number of aryl methyl sites for hydroxylation is 1. The number of hydrogen-bond donors (Lipinski definition) is 1. The highest BCUT2D eigenvalue weighted by Gasteiger charge is 2.09. The lowest BCUT2D eigenvalue weighted by atomic mass is 10.1. The third-order valence-electron chi connectivity index (χ3n) is 3.98. The van der Waals surface area contributed by atoms with E-state index in [0.29, 0.717) is 6.42 Å². The Morgan fingerprint density at radius 3 is 2.33 bits per heavy atom. The Kier molecular flexibility index (Phi) is 9.65. The quantitative estimate of drug-likeness (QED) is 0.667. The molecule has 0 bridgehead atoms. The van der Waals surface area contributed by atoms with Gasteiger partial charge in [-0.2, -0.15) is 0 Å². The van der Waals surface area contributed by atoms with E-state index >= 15 is 0 Å². The Morgan fingerprint density at radius 1 is 1.08 bits per heavy atom. The third-order valence-corrected chi connectivity index (χ3v) is 3.98. The molecule has 0 aromatic heterocycles. The molecule has 0 aliphatic heterocycles. The molecule has 1 aromatic carbocycles. The number of carbonyl (C=O) groups excluding carboxylic acids is 1. The summed E-state index contributed by atoms with van der Waals surface area (Å²) in [7, 11) is 4.09. The molecule has 0 heterocycles. The molecule has 1 amide bonds. The van der Waals surface area contributed by atoms with Crippen LogP contribution in [0.2, 0.25) is 0 Å². The van der Waals surface area contributed by atoms with Crippen molar-refractivity contribution in [3.8, 4) is 0 Å². The van der Waals surface area contributed by atoms with E-state index < -0.39 is 0 Å². The first kappa shape index (κ1) is 20.7. The van der Waals surface area contributed by atoms with Gasteiger partial charge in [0, 0.05) is 18.7 Å². The fourth-order valence-electron chi connectivity index (χ4n) is 2.96. The fraction of sp³-hybridized carbons (Fsp3) is 0.650. The van der Waals surface area contributed by atoms with Gasteiger partial charge in [0.2, 0.25) is 5.91 Å². The minimum Gasteiger partial charge on any atom is -0.326 e. The van der Waals surface area contributed by atoms with E-state index in [1.165, 1.54) is 24.0 Å². The van der Waals surface area contributed by atoms with Gasteiger partial charge in [-0.25, -0.2) is 0 Å². The van der Waals surface area contributed by atoms with Crippen LogP contribution in [-0.2, 0) is 11.3 Å². The largest absolute Gasteiger partial charge is 0.326 e. The number of hydrogen-bond acceptors (Lipinski definition) is 3. The van der Waals surface area contributed by atoms with Gasteiger partial charge < -0.3 is 15.1 Å².